The van der Waals surface area contributed by atoms with E-state index in [4.69, 9.17) is 21.1 Å². The van der Waals surface area contributed by atoms with Crippen LogP contribution >= 0.6 is 11.6 Å². The van der Waals surface area contributed by atoms with Crippen molar-refractivity contribution in [1.82, 2.24) is 0 Å². The summed E-state index contributed by atoms with van der Waals surface area (Å²) < 4.78 is 25.4. The van der Waals surface area contributed by atoms with E-state index in [9.17, 15) is 4.39 Å². The van der Waals surface area contributed by atoms with Gasteiger partial charge in [0.25, 0.3) is 0 Å². The molecule has 1 atom stereocenters. The van der Waals surface area contributed by atoms with Gasteiger partial charge in [0.1, 0.15) is 18.2 Å². The highest BCUT2D eigenvalue weighted by atomic mass is 35.5. The third kappa shape index (κ3) is 3.70. The van der Waals surface area contributed by atoms with Crippen LogP contribution in [-0.4, -0.2) is 18.3 Å². The van der Waals surface area contributed by atoms with Gasteiger partial charge in [-0.1, -0.05) is 19.3 Å². The van der Waals surface area contributed by atoms with Crippen molar-refractivity contribution >= 4 is 11.6 Å². The van der Waals surface area contributed by atoms with Gasteiger partial charge in [-0.25, -0.2) is 4.39 Å². The summed E-state index contributed by atoms with van der Waals surface area (Å²) in [6, 6.07) is 4.63. The zero-order valence-electron chi connectivity index (χ0n) is 12.2. The minimum atomic E-state index is -0.306. The lowest BCUT2D eigenvalue weighted by atomic mass is 9.83. The van der Waals surface area contributed by atoms with E-state index in [1.165, 1.54) is 44.2 Å². The van der Waals surface area contributed by atoms with Crippen molar-refractivity contribution in [1.29, 1.82) is 0 Å². The standard InChI is InChI=1S/C17H22ClFO2/c18-11-13-8-14(19)10-16(9-13)20-12-15-4-7-17(21-15)5-2-1-3-6-17/h8-10,15H,1-7,11-12H2. The van der Waals surface area contributed by atoms with Crippen LogP contribution in [0.5, 0.6) is 5.75 Å². The van der Waals surface area contributed by atoms with Crippen LogP contribution in [0.4, 0.5) is 4.39 Å². The van der Waals surface area contributed by atoms with E-state index < -0.39 is 0 Å². The van der Waals surface area contributed by atoms with Crippen LogP contribution in [0.1, 0.15) is 50.5 Å². The molecule has 1 aromatic rings. The maximum absolute atomic E-state index is 13.4. The first-order valence-corrected chi connectivity index (χ1v) is 8.39. The van der Waals surface area contributed by atoms with Crippen LogP contribution in [0.3, 0.4) is 0 Å². The zero-order chi connectivity index (χ0) is 14.7. The second-order valence-electron chi connectivity index (χ2n) is 6.26. The second kappa shape index (κ2) is 6.53. The summed E-state index contributed by atoms with van der Waals surface area (Å²) in [5.74, 6) is 0.523. The van der Waals surface area contributed by atoms with Gasteiger partial charge < -0.3 is 9.47 Å². The minimum Gasteiger partial charge on any atom is -0.491 e. The van der Waals surface area contributed by atoms with Gasteiger partial charge in [0.15, 0.2) is 0 Å². The molecule has 0 N–H and O–H groups in total. The Morgan fingerprint density at radius 2 is 2.00 bits per heavy atom. The SMILES string of the molecule is Fc1cc(CCl)cc(OCC2CCC3(CCCCC3)O2)c1. The first kappa shape index (κ1) is 15.1. The van der Waals surface area contributed by atoms with Crippen molar-refractivity contribution in [2.75, 3.05) is 6.61 Å². The van der Waals surface area contributed by atoms with E-state index in [1.807, 2.05) is 0 Å². The Labute approximate surface area is 130 Å². The molecule has 1 saturated carbocycles. The molecule has 2 nitrogen and oxygen atoms in total. The molecule has 21 heavy (non-hydrogen) atoms. The molecule has 1 aliphatic heterocycles. The smallest absolute Gasteiger partial charge is 0.127 e. The lowest BCUT2D eigenvalue weighted by Crippen LogP contribution is -2.32. The molecule has 1 unspecified atom stereocenters. The van der Waals surface area contributed by atoms with E-state index in [-0.39, 0.29) is 23.4 Å². The topological polar surface area (TPSA) is 18.5 Å². The largest absolute Gasteiger partial charge is 0.491 e. The number of halogens is 2. The van der Waals surface area contributed by atoms with Gasteiger partial charge in [-0.05, 0) is 43.4 Å². The quantitative estimate of drug-likeness (QED) is 0.742. The summed E-state index contributed by atoms with van der Waals surface area (Å²) in [5, 5.41) is 0. The van der Waals surface area contributed by atoms with Crippen LogP contribution in [0.25, 0.3) is 0 Å². The molecule has 0 bridgehead atoms. The van der Waals surface area contributed by atoms with E-state index >= 15 is 0 Å². The first-order valence-electron chi connectivity index (χ1n) is 7.85. The summed E-state index contributed by atoms with van der Waals surface area (Å²) in [5.41, 5.74) is 0.845. The lowest BCUT2D eigenvalue weighted by molar-refractivity contribution is -0.0748. The number of rotatable bonds is 4. The summed E-state index contributed by atoms with van der Waals surface area (Å²) in [4.78, 5) is 0. The van der Waals surface area contributed by atoms with Crippen molar-refractivity contribution in [3.05, 3.63) is 29.6 Å². The van der Waals surface area contributed by atoms with Crippen molar-refractivity contribution in [3.8, 4) is 5.75 Å². The number of ether oxygens (including phenoxy) is 2. The Balaban J connectivity index is 1.55. The van der Waals surface area contributed by atoms with Gasteiger partial charge in [0.05, 0.1) is 11.7 Å². The molecule has 1 aliphatic carbocycles. The molecule has 1 spiro atoms. The molecule has 1 aromatic carbocycles. The molecule has 1 saturated heterocycles. The van der Waals surface area contributed by atoms with Crippen molar-refractivity contribution in [2.24, 2.45) is 0 Å². The predicted octanol–water partition coefficient (Wildman–Crippen LogP) is 4.83. The monoisotopic (exact) mass is 312 g/mol. The summed E-state index contributed by atoms with van der Waals surface area (Å²) >= 11 is 5.75. The van der Waals surface area contributed by atoms with E-state index in [0.29, 0.717) is 12.4 Å². The fraction of sp³-hybridized carbons (Fsp3) is 0.647. The van der Waals surface area contributed by atoms with E-state index in [1.54, 1.807) is 6.07 Å². The van der Waals surface area contributed by atoms with E-state index in [0.717, 1.165) is 18.4 Å². The Kier molecular flexibility index (Phi) is 4.70. The van der Waals surface area contributed by atoms with Gasteiger partial charge in [-0.2, -0.15) is 0 Å². The molecular weight excluding hydrogens is 291 g/mol. The fourth-order valence-electron chi connectivity index (χ4n) is 3.55. The summed E-state index contributed by atoms with van der Waals surface area (Å²) in [7, 11) is 0. The summed E-state index contributed by atoms with van der Waals surface area (Å²) in [6.45, 7) is 0.493. The number of alkyl halides is 1. The highest BCUT2D eigenvalue weighted by Crippen LogP contribution is 2.41. The van der Waals surface area contributed by atoms with Crippen molar-refractivity contribution < 1.29 is 13.9 Å². The number of hydrogen-bond donors (Lipinski definition) is 0. The van der Waals surface area contributed by atoms with Gasteiger partial charge in [-0.3, -0.25) is 0 Å². The van der Waals surface area contributed by atoms with Crippen LogP contribution in [0.15, 0.2) is 18.2 Å². The third-order valence-corrected chi connectivity index (χ3v) is 4.93. The molecule has 4 heteroatoms. The number of hydrogen-bond acceptors (Lipinski definition) is 2. The molecule has 2 fully saturated rings. The first-order chi connectivity index (χ1) is 10.2. The molecule has 0 aromatic heterocycles. The Morgan fingerprint density at radius 3 is 2.76 bits per heavy atom. The Hall–Kier alpha value is -0.800. The van der Waals surface area contributed by atoms with E-state index in [2.05, 4.69) is 0 Å². The third-order valence-electron chi connectivity index (χ3n) is 4.62. The highest BCUT2D eigenvalue weighted by molar-refractivity contribution is 6.17. The average molecular weight is 313 g/mol. The maximum Gasteiger partial charge on any atom is 0.127 e. The molecule has 2 aliphatic rings. The normalized spacial score (nSPS) is 24.4. The van der Waals surface area contributed by atoms with Crippen molar-refractivity contribution in [3.63, 3.8) is 0 Å². The van der Waals surface area contributed by atoms with Crippen LogP contribution < -0.4 is 4.74 Å². The summed E-state index contributed by atoms with van der Waals surface area (Å²) in [6.07, 6.45) is 8.55. The molecular formula is C17H22ClFO2. The van der Waals surface area contributed by atoms with Gasteiger partial charge in [-0.15, -0.1) is 11.6 Å². The van der Waals surface area contributed by atoms with Gasteiger partial charge >= 0.3 is 0 Å². The molecule has 0 radical (unpaired) electrons. The van der Waals surface area contributed by atoms with Gasteiger partial charge in [0, 0.05) is 11.9 Å². The highest BCUT2D eigenvalue weighted by Gasteiger charge is 2.40. The Bertz CT molecular complexity index is 486. The molecule has 116 valence electrons. The van der Waals surface area contributed by atoms with Gasteiger partial charge in [0.2, 0.25) is 0 Å². The predicted molar refractivity (Wildman–Crippen MR) is 81.4 cm³/mol. The average Bonchev–Trinajstić information content (AvgIpc) is 2.88. The molecule has 3 rings (SSSR count). The fourth-order valence-corrected chi connectivity index (χ4v) is 3.70. The van der Waals surface area contributed by atoms with Crippen LogP contribution in [0, 0.1) is 5.82 Å². The second-order valence-corrected chi connectivity index (χ2v) is 6.53. The van der Waals surface area contributed by atoms with Crippen molar-refractivity contribution in [2.45, 2.75) is 62.5 Å². The lowest BCUT2D eigenvalue weighted by Gasteiger charge is -2.33. The Morgan fingerprint density at radius 1 is 1.19 bits per heavy atom. The molecule has 0 amide bonds. The molecule has 1 heterocycles. The number of benzene rings is 1. The van der Waals surface area contributed by atoms with Crippen LogP contribution in [0.2, 0.25) is 0 Å². The van der Waals surface area contributed by atoms with Crippen LogP contribution in [-0.2, 0) is 10.6 Å². The minimum absolute atomic E-state index is 0.107. The zero-order valence-corrected chi connectivity index (χ0v) is 13.0. The maximum atomic E-state index is 13.4.